The van der Waals surface area contributed by atoms with Gasteiger partial charge in [-0.1, -0.05) is 117 Å². The standard InChI is InChI=1S/C42H41Br2NO9/c1-50-41-38-37(36(35(25-46)51-41)54-42(49)45-34-20-8-7-19-33(34)28-13-3-2-4-14-28)52-39(47)29(21-26-11-9-17-31(43)23-26)15-5-6-16-30(40(48)53-38)22-27-12-10-18-32(44)24-27/h2-14,17-20,23-24,29-30,35-38,41,46H,15-16,21-22,25H2,1H3,(H,45,49)/b6-5+/t29-,30-,35+,36+,37-,38+,41-/m0/s1. The van der Waals surface area contributed by atoms with Crippen LogP contribution in [0, 0.1) is 11.8 Å². The predicted octanol–water partition coefficient (Wildman–Crippen LogP) is 8.05. The first-order valence-electron chi connectivity index (χ1n) is 17.7. The Morgan fingerprint density at radius 2 is 1.35 bits per heavy atom. The molecule has 0 aliphatic carbocycles. The van der Waals surface area contributed by atoms with Crippen molar-refractivity contribution in [1.82, 2.24) is 0 Å². The number of nitrogens with one attached hydrogen (secondary N) is 1. The van der Waals surface area contributed by atoms with Crippen molar-refractivity contribution in [2.75, 3.05) is 19.0 Å². The lowest BCUT2D eigenvalue weighted by Gasteiger charge is -2.44. The van der Waals surface area contributed by atoms with Gasteiger partial charge >= 0.3 is 18.0 Å². The van der Waals surface area contributed by atoms with Crippen LogP contribution in [0.25, 0.3) is 11.1 Å². The molecule has 2 N–H and O–H groups in total. The molecule has 0 bridgehead atoms. The van der Waals surface area contributed by atoms with Gasteiger partial charge in [0.25, 0.3) is 0 Å². The maximum atomic E-state index is 14.2. The van der Waals surface area contributed by atoms with Crippen LogP contribution in [0.1, 0.15) is 24.0 Å². The lowest BCUT2D eigenvalue weighted by atomic mass is 9.92. The van der Waals surface area contributed by atoms with E-state index in [1.807, 2.05) is 103 Å². The summed E-state index contributed by atoms with van der Waals surface area (Å²) in [6, 6.07) is 32.1. The maximum absolute atomic E-state index is 14.2. The number of benzene rings is 4. The van der Waals surface area contributed by atoms with E-state index >= 15 is 0 Å². The minimum atomic E-state index is -1.41. The normalized spacial score (nSPS) is 25.1. The summed E-state index contributed by atoms with van der Waals surface area (Å²) in [7, 11) is 1.36. The van der Waals surface area contributed by atoms with E-state index in [0.717, 1.165) is 31.2 Å². The van der Waals surface area contributed by atoms with Gasteiger partial charge < -0.3 is 28.8 Å². The zero-order chi connectivity index (χ0) is 38.0. The second-order valence-corrected chi connectivity index (χ2v) is 15.0. The summed E-state index contributed by atoms with van der Waals surface area (Å²) in [5.74, 6) is -2.46. The van der Waals surface area contributed by atoms with Gasteiger partial charge in [-0.25, -0.2) is 4.79 Å². The summed E-state index contributed by atoms with van der Waals surface area (Å²) in [6.07, 6.45) is -2.40. The summed E-state index contributed by atoms with van der Waals surface area (Å²) in [4.78, 5) is 42.0. The van der Waals surface area contributed by atoms with Crippen LogP contribution in [0.3, 0.4) is 0 Å². The zero-order valence-electron chi connectivity index (χ0n) is 29.5. The molecule has 54 heavy (non-hydrogen) atoms. The highest BCUT2D eigenvalue weighted by Gasteiger charge is 2.53. The Morgan fingerprint density at radius 3 is 1.93 bits per heavy atom. The topological polar surface area (TPSA) is 130 Å². The van der Waals surface area contributed by atoms with Crippen molar-refractivity contribution in [2.45, 2.75) is 56.4 Å². The number of methoxy groups -OCH3 is 1. The molecular weight excluding hydrogens is 822 g/mol. The van der Waals surface area contributed by atoms with Gasteiger partial charge in [0, 0.05) is 21.6 Å². The molecule has 282 valence electrons. The molecule has 0 radical (unpaired) electrons. The van der Waals surface area contributed by atoms with Crippen LogP contribution >= 0.6 is 31.9 Å². The van der Waals surface area contributed by atoms with Gasteiger partial charge in [0.1, 0.15) is 6.10 Å². The van der Waals surface area contributed by atoms with E-state index < -0.39 is 67.2 Å². The number of carbonyl (C=O) groups is 3. The average molecular weight is 864 g/mol. The molecule has 0 unspecified atom stereocenters. The monoisotopic (exact) mass is 861 g/mol. The number of hydrogen-bond donors (Lipinski definition) is 2. The van der Waals surface area contributed by atoms with Gasteiger partial charge in [-0.15, -0.1) is 0 Å². The molecule has 6 rings (SSSR count). The second kappa shape index (κ2) is 18.8. The molecule has 12 heteroatoms. The smallest absolute Gasteiger partial charge is 0.412 e. The highest BCUT2D eigenvalue weighted by Crippen LogP contribution is 2.33. The number of aliphatic hydroxyl groups excluding tert-OH is 1. The number of carbonyl (C=O) groups excluding carboxylic acids is 3. The van der Waals surface area contributed by atoms with E-state index in [-0.39, 0.29) is 0 Å². The Bertz CT molecular complexity index is 1940. The van der Waals surface area contributed by atoms with Crippen molar-refractivity contribution in [1.29, 1.82) is 0 Å². The quantitative estimate of drug-likeness (QED) is 0.0976. The van der Waals surface area contributed by atoms with Crippen LogP contribution in [0.4, 0.5) is 10.5 Å². The van der Waals surface area contributed by atoms with E-state index in [0.29, 0.717) is 31.4 Å². The van der Waals surface area contributed by atoms with Crippen LogP contribution in [-0.4, -0.2) is 67.6 Å². The Labute approximate surface area is 331 Å². The molecule has 1 amide bonds. The molecule has 4 aromatic carbocycles. The predicted molar refractivity (Wildman–Crippen MR) is 209 cm³/mol. The van der Waals surface area contributed by atoms with Crippen molar-refractivity contribution in [2.24, 2.45) is 11.8 Å². The Morgan fingerprint density at radius 1 is 0.778 bits per heavy atom. The number of ether oxygens (including phenoxy) is 5. The lowest BCUT2D eigenvalue weighted by molar-refractivity contribution is -0.300. The number of hydrogen-bond acceptors (Lipinski definition) is 9. The number of aliphatic hydroxyl groups is 1. The van der Waals surface area contributed by atoms with E-state index in [9.17, 15) is 19.5 Å². The summed E-state index contributed by atoms with van der Waals surface area (Å²) < 4.78 is 31.8. The molecule has 2 aliphatic heterocycles. The molecule has 1 fully saturated rings. The second-order valence-electron chi connectivity index (χ2n) is 13.2. The van der Waals surface area contributed by atoms with E-state index in [1.54, 1.807) is 12.1 Å². The average Bonchev–Trinajstić information content (AvgIpc) is 3.17. The van der Waals surface area contributed by atoms with Crippen molar-refractivity contribution in [3.63, 3.8) is 0 Å². The SMILES string of the molecule is CO[C@H]1O[C@H](CO)[C@@H](OC(=O)Nc2ccccc2-c2ccccc2)[C@@H]2OC(=O)[C@H](Cc3cccc(Br)c3)C/C=C/C[C@@H](Cc3cccc(Br)c3)C(=O)O[C@@H]12. The number of fused-ring (bicyclic) bond motifs is 1. The minimum Gasteiger partial charge on any atom is -0.454 e. The van der Waals surface area contributed by atoms with Crippen molar-refractivity contribution in [3.05, 3.63) is 135 Å². The number of para-hydroxylation sites is 1. The Balaban J connectivity index is 1.34. The summed E-state index contributed by atoms with van der Waals surface area (Å²) in [6.45, 7) is -0.622. The molecule has 2 heterocycles. The summed E-state index contributed by atoms with van der Waals surface area (Å²) >= 11 is 7.03. The van der Waals surface area contributed by atoms with Gasteiger partial charge in [-0.2, -0.15) is 0 Å². The van der Waals surface area contributed by atoms with Crippen LogP contribution in [0.5, 0.6) is 0 Å². The van der Waals surface area contributed by atoms with E-state index in [4.69, 9.17) is 23.7 Å². The highest BCUT2D eigenvalue weighted by atomic mass is 79.9. The van der Waals surface area contributed by atoms with Crippen molar-refractivity contribution >= 4 is 55.6 Å². The van der Waals surface area contributed by atoms with Gasteiger partial charge in [-0.05, 0) is 72.7 Å². The number of anilines is 1. The fourth-order valence-electron chi connectivity index (χ4n) is 6.75. The Hall–Kier alpha value is -4.33. The van der Waals surface area contributed by atoms with Crippen LogP contribution in [0.15, 0.2) is 124 Å². The molecule has 2 aliphatic rings. The lowest BCUT2D eigenvalue weighted by Crippen LogP contribution is -2.63. The van der Waals surface area contributed by atoms with Gasteiger partial charge in [-0.3, -0.25) is 14.9 Å². The van der Waals surface area contributed by atoms with E-state index in [2.05, 4.69) is 37.2 Å². The van der Waals surface area contributed by atoms with E-state index in [1.165, 1.54) is 7.11 Å². The molecular formula is C42H41Br2NO9. The molecule has 0 saturated carbocycles. The maximum Gasteiger partial charge on any atom is 0.412 e. The fourth-order valence-corrected chi connectivity index (χ4v) is 7.64. The number of amides is 1. The first-order chi connectivity index (χ1) is 26.2. The highest BCUT2D eigenvalue weighted by molar-refractivity contribution is 9.10. The number of esters is 2. The summed E-state index contributed by atoms with van der Waals surface area (Å²) in [5.41, 5.74) is 3.91. The molecule has 10 nitrogen and oxygen atoms in total. The van der Waals surface area contributed by atoms with Gasteiger partial charge in [0.15, 0.2) is 24.6 Å². The minimum absolute atomic E-state index is 0.317. The van der Waals surface area contributed by atoms with Crippen molar-refractivity contribution in [3.8, 4) is 11.1 Å². The van der Waals surface area contributed by atoms with Gasteiger partial charge in [0.2, 0.25) is 0 Å². The molecule has 0 aromatic heterocycles. The van der Waals surface area contributed by atoms with Gasteiger partial charge in [0.05, 0.1) is 24.1 Å². The third-order valence-electron chi connectivity index (χ3n) is 9.42. The molecule has 7 atom stereocenters. The number of rotatable bonds is 9. The van der Waals surface area contributed by atoms with Crippen molar-refractivity contribution < 1.29 is 43.2 Å². The van der Waals surface area contributed by atoms with Crippen LogP contribution in [0.2, 0.25) is 0 Å². The first-order valence-corrected chi connectivity index (χ1v) is 19.3. The van der Waals surface area contributed by atoms with Crippen LogP contribution < -0.4 is 5.32 Å². The molecule has 4 aromatic rings. The third-order valence-corrected chi connectivity index (χ3v) is 10.4. The summed E-state index contributed by atoms with van der Waals surface area (Å²) in [5, 5.41) is 13.3. The third kappa shape index (κ3) is 10.0. The largest absolute Gasteiger partial charge is 0.454 e. The number of halogens is 2. The number of allylic oxidation sites excluding steroid dienone is 2. The molecule has 1 saturated heterocycles. The first kappa shape index (κ1) is 39.4. The van der Waals surface area contributed by atoms with Crippen LogP contribution in [-0.2, 0) is 46.1 Å². The Kier molecular flexibility index (Phi) is 13.7. The zero-order valence-corrected chi connectivity index (χ0v) is 32.7. The fraction of sp³-hybridized carbons (Fsp3) is 0.310. The molecule has 0 spiro atoms.